The number of aromatic nitrogens is 4. The summed E-state index contributed by atoms with van der Waals surface area (Å²) in [5.74, 6) is 1.92. The Kier molecular flexibility index (Phi) is 5.04. The molecule has 1 saturated carbocycles. The number of anilines is 1. The molecule has 34 heavy (non-hydrogen) atoms. The smallest absolute Gasteiger partial charge is 0.225 e. The van der Waals surface area contributed by atoms with Gasteiger partial charge in [0.15, 0.2) is 5.82 Å². The Morgan fingerprint density at radius 1 is 1.21 bits per heavy atom. The Morgan fingerprint density at radius 3 is 2.91 bits per heavy atom. The summed E-state index contributed by atoms with van der Waals surface area (Å²) in [6.07, 6.45) is 7.05. The van der Waals surface area contributed by atoms with E-state index in [9.17, 15) is 9.18 Å². The van der Waals surface area contributed by atoms with Gasteiger partial charge in [0, 0.05) is 17.5 Å². The monoisotopic (exact) mass is 459 g/mol. The van der Waals surface area contributed by atoms with Crippen molar-refractivity contribution in [1.29, 1.82) is 0 Å². The highest BCUT2D eigenvalue weighted by molar-refractivity contribution is 5.89. The fourth-order valence-corrected chi connectivity index (χ4v) is 7.38. The fraction of sp³-hybridized carbons (Fsp3) is 0.481. The second kappa shape index (κ2) is 8.00. The molecule has 0 spiro atoms. The van der Waals surface area contributed by atoms with Gasteiger partial charge < -0.3 is 5.32 Å². The number of H-pyrrole nitrogens is 1. The van der Waals surface area contributed by atoms with Crippen LogP contribution < -0.4 is 5.32 Å². The minimum Gasteiger partial charge on any atom is -0.309 e. The third-order valence-electron chi connectivity index (χ3n) is 8.79. The van der Waals surface area contributed by atoms with E-state index < -0.39 is 0 Å². The van der Waals surface area contributed by atoms with E-state index in [1.807, 2.05) is 25.3 Å². The number of hydrogen-bond acceptors (Lipinski definition) is 4. The summed E-state index contributed by atoms with van der Waals surface area (Å²) in [4.78, 5) is 12.8. The van der Waals surface area contributed by atoms with Crippen LogP contribution in [0, 0.1) is 24.6 Å². The molecule has 2 aromatic heterocycles. The highest BCUT2D eigenvalue weighted by atomic mass is 19.1. The van der Waals surface area contributed by atoms with E-state index in [1.165, 1.54) is 16.8 Å². The van der Waals surface area contributed by atoms with Crippen LogP contribution in [0.3, 0.4) is 0 Å². The molecule has 0 bridgehead atoms. The molecule has 0 aliphatic heterocycles. The van der Waals surface area contributed by atoms with Gasteiger partial charge in [-0.25, -0.2) is 4.39 Å². The lowest BCUT2D eigenvalue weighted by Crippen LogP contribution is -2.44. The van der Waals surface area contributed by atoms with Crippen LogP contribution in [0.15, 0.2) is 36.5 Å². The minimum atomic E-state index is -0.0578. The molecule has 1 amide bonds. The van der Waals surface area contributed by atoms with Crippen LogP contribution in [0.2, 0.25) is 0 Å². The van der Waals surface area contributed by atoms with Crippen molar-refractivity contribution in [3.05, 3.63) is 70.4 Å². The molecule has 1 aromatic carbocycles. The van der Waals surface area contributed by atoms with Crippen molar-refractivity contribution < 1.29 is 9.18 Å². The van der Waals surface area contributed by atoms with Crippen LogP contribution in [0.4, 0.5) is 10.2 Å². The highest BCUT2D eigenvalue weighted by Crippen LogP contribution is 2.64. The molecule has 3 aliphatic rings. The number of rotatable bonds is 4. The van der Waals surface area contributed by atoms with Crippen LogP contribution in [0.1, 0.15) is 78.9 Å². The predicted molar refractivity (Wildman–Crippen MR) is 127 cm³/mol. The highest BCUT2D eigenvalue weighted by Gasteiger charge is 2.57. The number of aryl methyl sites for hydroxylation is 1. The summed E-state index contributed by atoms with van der Waals surface area (Å²) in [6.45, 7) is 4.24. The molecule has 6 nitrogen and oxygen atoms in total. The number of aromatic amines is 1. The molecule has 7 heteroatoms. The number of fused-ring (bicyclic) bond motifs is 7. The number of nitrogens with zero attached hydrogens (tertiary/aromatic N) is 3. The van der Waals surface area contributed by atoms with E-state index in [1.54, 1.807) is 12.1 Å². The molecule has 0 saturated heterocycles. The van der Waals surface area contributed by atoms with Gasteiger partial charge in [-0.15, -0.1) is 5.10 Å². The Balaban J connectivity index is 1.26. The molecule has 3 unspecified atom stereocenters. The summed E-state index contributed by atoms with van der Waals surface area (Å²) in [5, 5.41) is 18.7. The number of carbonyl (C=O) groups excluding carboxylic acids is 1. The maximum atomic E-state index is 14.6. The molecule has 3 aromatic rings. The van der Waals surface area contributed by atoms with Crippen molar-refractivity contribution in [1.82, 2.24) is 20.4 Å². The lowest BCUT2D eigenvalue weighted by Gasteiger charge is -2.50. The number of halogens is 1. The SMILES string of the molecule is Cc1ccc(NC(=O)CC[C@@H]2c3cn[nH]c3[C@@]3(C)CCC4c5cccc(F)c5CCC4C23)nn1. The maximum absolute atomic E-state index is 14.6. The van der Waals surface area contributed by atoms with Gasteiger partial charge in [0.05, 0.1) is 11.9 Å². The zero-order chi connectivity index (χ0) is 23.4. The van der Waals surface area contributed by atoms with Gasteiger partial charge in [-0.1, -0.05) is 19.1 Å². The van der Waals surface area contributed by atoms with Crippen molar-refractivity contribution >= 4 is 11.7 Å². The van der Waals surface area contributed by atoms with E-state index in [4.69, 9.17) is 0 Å². The Morgan fingerprint density at radius 2 is 2.09 bits per heavy atom. The van der Waals surface area contributed by atoms with Crippen LogP contribution in [0.25, 0.3) is 0 Å². The largest absolute Gasteiger partial charge is 0.309 e. The Bertz CT molecular complexity index is 1240. The van der Waals surface area contributed by atoms with Crippen molar-refractivity contribution in [3.8, 4) is 0 Å². The van der Waals surface area contributed by atoms with Gasteiger partial charge in [0.2, 0.25) is 5.91 Å². The Hall–Kier alpha value is -3.09. The van der Waals surface area contributed by atoms with Gasteiger partial charge in [0.1, 0.15) is 5.82 Å². The zero-order valence-corrected chi connectivity index (χ0v) is 19.6. The zero-order valence-electron chi connectivity index (χ0n) is 19.6. The van der Waals surface area contributed by atoms with Gasteiger partial charge in [-0.05, 0) is 97.6 Å². The first-order valence-corrected chi connectivity index (χ1v) is 12.4. The number of hydrogen-bond donors (Lipinski definition) is 2. The fourth-order valence-electron chi connectivity index (χ4n) is 7.38. The van der Waals surface area contributed by atoms with E-state index >= 15 is 0 Å². The second-order valence-corrected chi connectivity index (χ2v) is 10.6. The second-order valence-electron chi connectivity index (χ2n) is 10.6. The number of amides is 1. The van der Waals surface area contributed by atoms with Crippen molar-refractivity contribution in [2.75, 3.05) is 5.32 Å². The first kappa shape index (κ1) is 21.4. The molecule has 0 radical (unpaired) electrons. The summed E-state index contributed by atoms with van der Waals surface area (Å²) >= 11 is 0. The van der Waals surface area contributed by atoms with Gasteiger partial charge in [-0.3, -0.25) is 9.89 Å². The van der Waals surface area contributed by atoms with Crippen LogP contribution >= 0.6 is 0 Å². The van der Waals surface area contributed by atoms with E-state index in [2.05, 4.69) is 38.7 Å². The van der Waals surface area contributed by atoms with Gasteiger partial charge >= 0.3 is 0 Å². The van der Waals surface area contributed by atoms with Crippen LogP contribution in [-0.2, 0) is 16.6 Å². The molecular formula is C27H30FN5O. The van der Waals surface area contributed by atoms with E-state index in [-0.39, 0.29) is 23.1 Å². The third-order valence-corrected chi connectivity index (χ3v) is 8.79. The third kappa shape index (κ3) is 3.28. The van der Waals surface area contributed by atoms with Crippen molar-refractivity contribution in [2.24, 2.45) is 11.8 Å². The first-order chi connectivity index (χ1) is 16.5. The summed E-state index contributed by atoms with van der Waals surface area (Å²) in [7, 11) is 0. The summed E-state index contributed by atoms with van der Waals surface area (Å²) in [6, 6.07) is 9.22. The maximum Gasteiger partial charge on any atom is 0.225 e. The number of benzene rings is 1. The molecule has 6 rings (SSSR count). The topological polar surface area (TPSA) is 83.6 Å². The minimum absolute atomic E-state index is 0.0153. The van der Waals surface area contributed by atoms with E-state index in [0.717, 1.165) is 43.4 Å². The summed E-state index contributed by atoms with van der Waals surface area (Å²) < 4.78 is 14.6. The summed E-state index contributed by atoms with van der Waals surface area (Å²) in [5.41, 5.74) is 5.47. The predicted octanol–water partition coefficient (Wildman–Crippen LogP) is 5.18. The average molecular weight is 460 g/mol. The van der Waals surface area contributed by atoms with Crippen molar-refractivity contribution in [2.45, 2.75) is 69.6 Å². The molecule has 1 fully saturated rings. The number of carbonyl (C=O) groups is 1. The number of nitrogens with one attached hydrogen (secondary N) is 2. The van der Waals surface area contributed by atoms with Crippen LogP contribution in [-0.4, -0.2) is 26.3 Å². The quantitative estimate of drug-likeness (QED) is 0.563. The van der Waals surface area contributed by atoms with Crippen molar-refractivity contribution in [3.63, 3.8) is 0 Å². The molecule has 5 atom stereocenters. The normalized spacial score (nSPS) is 29.0. The van der Waals surface area contributed by atoms with Crippen LogP contribution in [0.5, 0.6) is 0 Å². The molecule has 2 N–H and O–H groups in total. The molecule has 3 aliphatic carbocycles. The molecular weight excluding hydrogens is 429 g/mol. The average Bonchev–Trinajstić information content (AvgIpc) is 3.40. The Labute approximate surface area is 198 Å². The van der Waals surface area contributed by atoms with Gasteiger partial charge in [-0.2, -0.15) is 10.2 Å². The lowest BCUT2D eigenvalue weighted by atomic mass is 9.53. The first-order valence-electron chi connectivity index (χ1n) is 12.4. The van der Waals surface area contributed by atoms with E-state index in [0.29, 0.717) is 30.0 Å². The standard InChI is InChI=1S/C27H30FN5O/c1-15-6-10-23(32-31-15)30-24(34)11-9-20-21-14-29-33-26(21)27(2)13-12-17-16-4-3-5-22(28)18(16)7-8-19(17)25(20)27/h3-6,10,14,17,19-20,25H,7-9,11-13H2,1-2H3,(H,29,33)(H,30,32,34)/t17?,19?,20-,25?,27+/m1/s1. The van der Waals surface area contributed by atoms with Gasteiger partial charge in [0.25, 0.3) is 0 Å². The molecule has 176 valence electrons. The lowest BCUT2D eigenvalue weighted by molar-refractivity contribution is -0.116. The molecule has 2 heterocycles.